The number of rotatable bonds is 3. The van der Waals surface area contributed by atoms with Gasteiger partial charge in [0.05, 0.1) is 12.4 Å². The molecule has 1 nitrogen and oxygen atoms in total. The Morgan fingerprint density at radius 2 is 2.13 bits per heavy atom. The molecule has 1 saturated carbocycles. The highest BCUT2D eigenvalue weighted by Gasteiger charge is 2.22. The zero-order chi connectivity index (χ0) is 10.5. The average Bonchev–Trinajstić information content (AvgIpc) is 2.81. The summed E-state index contributed by atoms with van der Waals surface area (Å²) in [6.07, 6.45) is 10.5. The summed E-state index contributed by atoms with van der Waals surface area (Å²) < 4.78 is 5.89. The van der Waals surface area contributed by atoms with Crippen molar-refractivity contribution in [2.45, 2.75) is 51.6 Å². The van der Waals surface area contributed by atoms with Gasteiger partial charge in [-0.15, -0.1) is 0 Å². The Balaban J connectivity index is 1.75. The molecule has 0 radical (unpaired) electrons. The van der Waals surface area contributed by atoms with Crippen molar-refractivity contribution in [1.82, 2.24) is 0 Å². The molecule has 15 heavy (non-hydrogen) atoms. The van der Waals surface area contributed by atoms with Gasteiger partial charge in [-0.1, -0.05) is 6.42 Å². The van der Waals surface area contributed by atoms with Crippen LogP contribution >= 0.6 is 11.8 Å². The monoisotopic (exact) mass is 226 g/mol. The van der Waals surface area contributed by atoms with Gasteiger partial charge in [0.2, 0.25) is 0 Å². The summed E-state index contributed by atoms with van der Waals surface area (Å²) in [7, 11) is 0. The van der Waals surface area contributed by atoms with E-state index in [1.807, 2.05) is 0 Å². The van der Waals surface area contributed by atoms with Crippen LogP contribution in [-0.2, 0) is 4.74 Å². The lowest BCUT2D eigenvalue weighted by molar-refractivity contribution is 0.110. The zero-order valence-electron chi connectivity index (χ0n) is 9.71. The van der Waals surface area contributed by atoms with Crippen molar-refractivity contribution in [3.63, 3.8) is 0 Å². The van der Waals surface area contributed by atoms with Crippen molar-refractivity contribution in [2.24, 2.45) is 5.92 Å². The van der Waals surface area contributed by atoms with E-state index in [1.165, 1.54) is 50.0 Å². The highest BCUT2D eigenvalue weighted by Crippen LogP contribution is 2.28. The number of allylic oxidation sites excluding steroid dienone is 1. The first-order valence-electron chi connectivity index (χ1n) is 6.27. The molecule has 86 valence electrons. The molecule has 0 N–H and O–H groups in total. The van der Waals surface area contributed by atoms with Crippen LogP contribution in [0.15, 0.2) is 11.8 Å². The van der Waals surface area contributed by atoms with E-state index in [4.69, 9.17) is 4.74 Å². The molecule has 0 spiro atoms. The molecular weight excluding hydrogens is 204 g/mol. The van der Waals surface area contributed by atoms with E-state index < -0.39 is 0 Å². The van der Waals surface area contributed by atoms with Gasteiger partial charge in [0.15, 0.2) is 0 Å². The molecule has 0 amide bonds. The number of ether oxygens (including phenoxy) is 1. The second-order valence-corrected chi connectivity index (χ2v) is 5.95. The highest BCUT2D eigenvalue weighted by molar-refractivity contribution is 7.99. The molecule has 1 aliphatic carbocycles. The Hall–Kier alpha value is -0.110. The zero-order valence-corrected chi connectivity index (χ0v) is 10.5. The van der Waals surface area contributed by atoms with Crippen molar-refractivity contribution in [3.05, 3.63) is 11.8 Å². The molecule has 0 aromatic carbocycles. The third-order valence-electron chi connectivity index (χ3n) is 3.57. The van der Waals surface area contributed by atoms with Gasteiger partial charge in [0.1, 0.15) is 0 Å². The van der Waals surface area contributed by atoms with Gasteiger partial charge in [-0.2, -0.15) is 11.8 Å². The predicted octanol–water partition coefficient (Wildman–Crippen LogP) is 3.99. The number of hydrogen-bond acceptors (Lipinski definition) is 2. The lowest BCUT2D eigenvalue weighted by Gasteiger charge is -2.20. The van der Waals surface area contributed by atoms with Crippen molar-refractivity contribution >= 4 is 11.8 Å². The summed E-state index contributed by atoms with van der Waals surface area (Å²) in [6, 6.07) is 0. The molecule has 1 saturated heterocycles. The van der Waals surface area contributed by atoms with Crippen LogP contribution in [0.25, 0.3) is 0 Å². The van der Waals surface area contributed by atoms with Crippen LogP contribution in [0.5, 0.6) is 0 Å². The molecule has 1 aliphatic heterocycles. The van der Waals surface area contributed by atoms with E-state index in [1.54, 1.807) is 5.57 Å². The van der Waals surface area contributed by atoms with Crippen LogP contribution in [-0.4, -0.2) is 17.6 Å². The Bertz CT molecular complexity index is 211. The maximum Gasteiger partial charge on any atom is 0.0986 e. The molecule has 2 aliphatic rings. The molecular formula is C13H22OS. The lowest BCUT2D eigenvalue weighted by atomic mass is 9.96. The maximum atomic E-state index is 5.89. The van der Waals surface area contributed by atoms with Gasteiger partial charge in [-0.25, -0.2) is 0 Å². The molecule has 2 atom stereocenters. The predicted molar refractivity (Wildman–Crippen MR) is 67.1 cm³/mol. The first-order valence-corrected chi connectivity index (χ1v) is 7.43. The van der Waals surface area contributed by atoms with Gasteiger partial charge in [0.25, 0.3) is 0 Å². The maximum absolute atomic E-state index is 5.89. The standard InChI is InChI=1S/C13H22OS/c1-11(13-7-8-15-10-13)14-9-12-5-3-2-4-6-12/h9,11,13H,2-8,10H2,1H3. The van der Waals surface area contributed by atoms with Gasteiger partial charge in [0, 0.05) is 5.92 Å². The summed E-state index contributed by atoms with van der Waals surface area (Å²) in [5.74, 6) is 3.41. The minimum Gasteiger partial charge on any atom is -0.498 e. The van der Waals surface area contributed by atoms with Crippen molar-refractivity contribution in [3.8, 4) is 0 Å². The second kappa shape index (κ2) is 5.83. The Labute approximate surface area is 97.7 Å². The van der Waals surface area contributed by atoms with E-state index >= 15 is 0 Å². The molecule has 2 heteroatoms. The summed E-state index contributed by atoms with van der Waals surface area (Å²) in [6.45, 7) is 2.23. The summed E-state index contributed by atoms with van der Waals surface area (Å²) >= 11 is 2.07. The second-order valence-electron chi connectivity index (χ2n) is 4.80. The van der Waals surface area contributed by atoms with E-state index in [0.717, 1.165) is 5.92 Å². The SMILES string of the molecule is CC(OC=C1CCCCC1)C1CCSC1. The Morgan fingerprint density at radius 1 is 1.33 bits per heavy atom. The van der Waals surface area contributed by atoms with Crippen LogP contribution in [0, 0.1) is 5.92 Å². The third-order valence-corrected chi connectivity index (χ3v) is 4.76. The van der Waals surface area contributed by atoms with Gasteiger partial charge in [-0.05, 0) is 56.1 Å². The van der Waals surface area contributed by atoms with Crippen LogP contribution in [0.1, 0.15) is 45.4 Å². The first kappa shape index (κ1) is 11.4. The molecule has 2 unspecified atom stereocenters. The van der Waals surface area contributed by atoms with Gasteiger partial charge in [-0.3, -0.25) is 0 Å². The highest BCUT2D eigenvalue weighted by atomic mass is 32.2. The van der Waals surface area contributed by atoms with Crippen LogP contribution in [0.3, 0.4) is 0 Å². The fourth-order valence-electron chi connectivity index (χ4n) is 2.36. The van der Waals surface area contributed by atoms with Crippen molar-refractivity contribution in [2.75, 3.05) is 11.5 Å². The normalized spacial score (nSPS) is 28.9. The average molecular weight is 226 g/mol. The van der Waals surface area contributed by atoms with Crippen LogP contribution < -0.4 is 0 Å². The van der Waals surface area contributed by atoms with Gasteiger partial charge < -0.3 is 4.74 Å². The van der Waals surface area contributed by atoms with E-state index in [-0.39, 0.29) is 0 Å². The summed E-state index contributed by atoms with van der Waals surface area (Å²) in [5, 5.41) is 0. The molecule has 0 aromatic heterocycles. The van der Waals surface area contributed by atoms with Crippen molar-refractivity contribution < 1.29 is 4.74 Å². The fraction of sp³-hybridized carbons (Fsp3) is 0.846. The smallest absolute Gasteiger partial charge is 0.0986 e. The topological polar surface area (TPSA) is 9.23 Å². The minimum atomic E-state index is 0.425. The first-order chi connectivity index (χ1) is 7.36. The number of thioether (sulfide) groups is 1. The summed E-state index contributed by atoms with van der Waals surface area (Å²) in [5.41, 5.74) is 1.54. The summed E-state index contributed by atoms with van der Waals surface area (Å²) in [4.78, 5) is 0. The number of hydrogen-bond donors (Lipinski definition) is 0. The quantitative estimate of drug-likeness (QED) is 0.673. The molecule has 2 fully saturated rings. The van der Waals surface area contributed by atoms with Crippen LogP contribution in [0.4, 0.5) is 0 Å². The van der Waals surface area contributed by atoms with Crippen molar-refractivity contribution in [1.29, 1.82) is 0 Å². The van der Waals surface area contributed by atoms with Gasteiger partial charge >= 0.3 is 0 Å². The molecule has 1 heterocycles. The molecule has 0 aromatic rings. The largest absolute Gasteiger partial charge is 0.498 e. The minimum absolute atomic E-state index is 0.425. The van der Waals surface area contributed by atoms with E-state index in [0.29, 0.717) is 6.10 Å². The van der Waals surface area contributed by atoms with E-state index in [9.17, 15) is 0 Å². The molecule has 0 bridgehead atoms. The van der Waals surface area contributed by atoms with E-state index in [2.05, 4.69) is 24.9 Å². The Kier molecular flexibility index (Phi) is 4.42. The lowest BCUT2D eigenvalue weighted by Crippen LogP contribution is -2.18. The molecule has 2 rings (SSSR count). The fourth-order valence-corrected chi connectivity index (χ4v) is 3.74. The Morgan fingerprint density at radius 3 is 2.80 bits per heavy atom. The third kappa shape index (κ3) is 3.44. The van der Waals surface area contributed by atoms with Crippen LogP contribution in [0.2, 0.25) is 0 Å².